The van der Waals surface area contributed by atoms with Crippen LogP contribution in [0.4, 0.5) is 0 Å². The van der Waals surface area contributed by atoms with Gasteiger partial charge in [0.05, 0.1) is 7.11 Å². The number of rotatable bonds is 6. The topological polar surface area (TPSA) is 21.7 Å². The van der Waals surface area contributed by atoms with Crippen molar-refractivity contribution in [2.75, 3.05) is 20.3 Å². The Morgan fingerprint density at radius 1 is 1.17 bits per heavy atom. The molecule has 0 saturated heterocycles. The van der Waals surface area contributed by atoms with E-state index in [1.54, 1.807) is 7.11 Å². The van der Waals surface area contributed by atoms with Crippen LogP contribution in [-0.2, 0) is 13.0 Å². The number of fused-ring (bicyclic) bond motifs is 1. The fraction of sp³-hybridized carbons (Fsp3) is 0.400. The summed E-state index contributed by atoms with van der Waals surface area (Å²) in [5, 5.41) is 0. The Morgan fingerprint density at radius 2 is 2.00 bits per heavy atom. The zero-order chi connectivity index (χ0) is 16.1. The summed E-state index contributed by atoms with van der Waals surface area (Å²) >= 11 is 0. The molecule has 3 rings (SSSR count). The van der Waals surface area contributed by atoms with E-state index >= 15 is 0 Å². The van der Waals surface area contributed by atoms with E-state index in [-0.39, 0.29) is 0 Å². The fourth-order valence-corrected chi connectivity index (χ4v) is 3.19. The van der Waals surface area contributed by atoms with E-state index in [1.165, 1.54) is 11.1 Å². The monoisotopic (exact) mass is 311 g/mol. The van der Waals surface area contributed by atoms with E-state index < -0.39 is 0 Å². The molecule has 1 aliphatic heterocycles. The molecule has 0 N–H and O–H groups in total. The summed E-state index contributed by atoms with van der Waals surface area (Å²) in [7, 11) is 1.69. The number of benzene rings is 2. The summed E-state index contributed by atoms with van der Waals surface area (Å²) in [5.41, 5.74) is 2.64. The first-order chi connectivity index (χ1) is 11.3. The van der Waals surface area contributed by atoms with Crippen molar-refractivity contribution < 1.29 is 9.47 Å². The van der Waals surface area contributed by atoms with Crippen molar-refractivity contribution in [3.63, 3.8) is 0 Å². The van der Waals surface area contributed by atoms with Gasteiger partial charge in [0.15, 0.2) is 0 Å². The minimum absolute atomic E-state index is 0.427. The minimum Gasteiger partial charge on any atom is -0.497 e. The maximum Gasteiger partial charge on any atom is 0.126 e. The average Bonchev–Trinajstić information content (AvgIpc) is 2.61. The summed E-state index contributed by atoms with van der Waals surface area (Å²) in [6, 6.07) is 17.3. The van der Waals surface area contributed by atoms with Crippen molar-refractivity contribution >= 4 is 0 Å². The first-order valence-corrected chi connectivity index (χ1v) is 8.38. The lowest BCUT2D eigenvalue weighted by molar-refractivity contribution is 0.112. The van der Waals surface area contributed by atoms with Gasteiger partial charge in [-0.05, 0) is 36.6 Å². The maximum atomic E-state index is 6.02. The number of hydrogen-bond donors (Lipinski definition) is 0. The summed E-state index contributed by atoms with van der Waals surface area (Å²) in [5.74, 6) is 1.83. The third kappa shape index (κ3) is 3.85. The highest BCUT2D eigenvalue weighted by atomic mass is 16.5. The van der Waals surface area contributed by atoms with E-state index in [9.17, 15) is 0 Å². The minimum atomic E-state index is 0.427. The summed E-state index contributed by atoms with van der Waals surface area (Å²) in [6.07, 6.45) is 2.19. The molecule has 0 bridgehead atoms. The predicted molar refractivity (Wildman–Crippen MR) is 93.1 cm³/mol. The van der Waals surface area contributed by atoms with Crippen molar-refractivity contribution in [3.05, 3.63) is 59.7 Å². The Hall–Kier alpha value is -2.00. The number of methoxy groups -OCH3 is 1. The molecular formula is C20H25NO2. The quantitative estimate of drug-likeness (QED) is 0.807. The van der Waals surface area contributed by atoms with Crippen LogP contribution in [-0.4, -0.2) is 31.2 Å². The van der Waals surface area contributed by atoms with Crippen LogP contribution in [0.3, 0.4) is 0 Å². The van der Waals surface area contributed by atoms with Crippen molar-refractivity contribution in [3.8, 4) is 11.5 Å². The summed E-state index contributed by atoms with van der Waals surface area (Å²) < 4.78 is 11.3. The third-order valence-corrected chi connectivity index (χ3v) is 4.42. The largest absolute Gasteiger partial charge is 0.497 e. The molecule has 0 radical (unpaired) electrons. The molecule has 0 aliphatic carbocycles. The molecule has 3 heteroatoms. The molecule has 0 aromatic heterocycles. The van der Waals surface area contributed by atoms with Gasteiger partial charge in [0, 0.05) is 18.7 Å². The van der Waals surface area contributed by atoms with E-state index in [2.05, 4.69) is 48.2 Å². The van der Waals surface area contributed by atoms with Gasteiger partial charge in [-0.15, -0.1) is 0 Å². The fourth-order valence-electron chi connectivity index (χ4n) is 3.19. The number of hydrogen-bond acceptors (Lipinski definition) is 3. The Morgan fingerprint density at radius 3 is 2.74 bits per heavy atom. The van der Waals surface area contributed by atoms with Crippen LogP contribution in [0, 0.1) is 0 Å². The maximum absolute atomic E-state index is 6.02. The van der Waals surface area contributed by atoms with Crippen molar-refractivity contribution in [2.24, 2.45) is 0 Å². The zero-order valence-corrected chi connectivity index (χ0v) is 14.0. The van der Waals surface area contributed by atoms with Gasteiger partial charge >= 0.3 is 0 Å². The van der Waals surface area contributed by atoms with Crippen LogP contribution in [0.1, 0.15) is 24.5 Å². The number of nitrogens with zero attached hydrogens (tertiary/aromatic N) is 1. The predicted octanol–water partition coefficient (Wildman–Crippen LogP) is 3.91. The van der Waals surface area contributed by atoms with Gasteiger partial charge in [-0.2, -0.15) is 0 Å². The molecule has 1 aliphatic rings. The smallest absolute Gasteiger partial charge is 0.126 e. The standard InChI is InChI=1S/C20H25NO2/c1-3-11-21(14-16-7-5-4-6-8-16)18-12-17-9-10-19(22-2)13-20(17)23-15-18/h4-10,13,18H,3,11-12,14-15H2,1-2H3. The summed E-state index contributed by atoms with van der Waals surface area (Å²) in [4.78, 5) is 2.54. The Bertz CT molecular complexity index is 627. The molecule has 0 amide bonds. The second-order valence-electron chi connectivity index (χ2n) is 6.10. The molecule has 0 spiro atoms. The van der Waals surface area contributed by atoms with Gasteiger partial charge in [-0.1, -0.05) is 43.3 Å². The van der Waals surface area contributed by atoms with E-state index in [4.69, 9.17) is 9.47 Å². The highest BCUT2D eigenvalue weighted by Crippen LogP contribution is 2.30. The second-order valence-corrected chi connectivity index (χ2v) is 6.10. The van der Waals surface area contributed by atoms with Crippen molar-refractivity contribution in [1.29, 1.82) is 0 Å². The second kappa shape index (κ2) is 7.51. The molecule has 23 heavy (non-hydrogen) atoms. The van der Waals surface area contributed by atoms with E-state index in [0.717, 1.165) is 44.0 Å². The molecule has 1 atom stereocenters. The number of ether oxygens (including phenoxy) is 2. The molecule has 122 valence electrons. The lowest BCUT2D eigenvalue weighted by Gasteiger charge is -2.35. The highest BCUT2D eigenvalue weighted by molar-refractivity contribution is 5.42. The van der Waals surface area contributed by atoms with Crippen LogP contribution in [0.2, 0.25) is 0 Å². The summed E-state index contributed by atoms with van der Waals surface area (Å²) in [6.45, 7) is 5.05. The molecule has 2 aromatic rings. The first-order valence-electron chi connectivity index (χ1n) is 8.38. The SMILES string of the molecule is CCCN(Cc1ccccc1)C1COc2cc(OC)ccc2C1. The van der Waals surface area contributed by atoms with E-state index in [0.29, 0.717) is 6.04 Å². The van der Waals surface area contributed by atoms with Crippen LogP contribution < -0.4 is 9.47 Å². The van der Waals surface area contributed by atoms with Crippen LogP contribution >= 0.6 is 0 Å². The third-order valence-electron chi connectivity index (χ3n) is 4.42. The van der Waals surface area contributed by atoms with Crippen LogP contribution in [0.25, 0.3) is 0 Å². The first kappa shape index (κ1) is 15.9. The molecule has 1 unspecified atom stereocenters. The molecule has 0 fully saturated rings. The average molecular weight is 311 g/mol. The molecule has 2 aromatic carbocycles. The lowest BCUT2D eigenvalue weighted by atomic mass is 10.0. The molecule has 3 nitrogen and oxygen atoms in total. The normalized spacial score (nSPS) is 16.7. The van der Waals surface area contributed by atoms with Gasteiger partial charge in [0.2, 0.25) is 0 Å². The Labute approximate surface area is 138 Å². The van der Waals surface area contributed by atoms with Crippen LogP contribution in [0.5, 0.6) is 11.5 Å². The molecular weight excluding hydrogens is 286 g/mol. The van der Waals surface area contributed by atoms with Crippen LogP contribution in [0.15, 0.2) is 48.5 Å². The van der Waals surface area contributed by atoms with Gasteiger partial charge < -0.3 is 9.47 Å². The lowest BCUT2D eigenvalue weighted by Crippen LogP contribution is -2.43. The van der Waals surface area contributed by atoms with Gasteiger partial charge in [0.1, 0.15) is 18.1 Å². The zero-order valence-electron chi connectivity index (χ0n) is 14.0. The van der Waals surface area contributed by atoms with E-state index in [1.807, 2.05) is 12.1 Å². The van der Waals surface area contributed by atoms with Crippen molar-refractivity contribution in [2.45, 2.75) is 32.4 Å². The van der Waals surface area contributed by atoms with Gasteiger partial charge in [-0.3, -0.25) is 4.90 Å². The Balaban J connectivity index is 1.73. The van der Waals surface area contributed by atoms with Crippen molar-refractivity contribution in [1.82, 2.24) is 4.90 Å². The molecule has 0 saturated carbocycles. The molecule has 1 heterocycles. The van der Waals surface area contributed by atoms with Gasteiger partial charge in [0.25, 0.3) is 0 Å². The highest BCUT2D eigenvalue weighted by Gasteiger charge is 2.25. The van der Waals surface area contributed by atoms with Gasteiger partial charge in [-0.25, -0.2) is 0 Å². The Kier molecular flexibility index (Phi) is 5.19.